The topological polar surface area (TPSA) is 55.8 Å². The Morgan fingerprint density at radius 3 is 2.65 bits per heavy atom. The van der Waals surface area contributed by atoms with Gasteiger partial charge >= 0.3 is 0 Å². The number of likely N-dealkylation sites (tertiary alicyclic amines) is 1. The van der Waals surface area contributed by atoms with Crippen molar-refractivity contribution in [3.63, 3.8) is 0 Å². The summed E-state index contributed by atoms with van der Waals surface area (Å²) in [7, 11) is 1.53. The highest BCUT2D eigenvalue weighted by atomic mass is 16.5. The van der Waals surface area contributed by atoms with Crippen LogP contribution in [0, 0.1) is 11.8 Å². The maximum atomic E-state index is 12.8. The van der Waals surface area contributed by atoms with Crippen molar-refractivity contribution in [3.05, 3.63) is 23.8 Å². The Balaban J connectivity index is 1.66. The summed E-state index contributed by atoms with van der Waals surface area (Å²) < 4.78 is 11.1. The number of Topliss-reactive ketones (excluding diaryl/α,β-unsaturated/α-hetero) is 1. The first kappa shape index (κ1) is 18.7. The molecule has 0 N–H and O–H groups in total. The van der Waals surface area contributed by atoms with Gasteiger partial charge in [-0.2, -0.15) is 0 Å². The van der Waals surface area contributed by atoms with Crippen LogP contribution in [0.25, 0.3) is 0 Å². The van der Waals surface area contributed by atoms with Gasteiger partial charge in [-0.25, -0.2) is 0 Å². The molecule has 5 heteroatoms. The van der Waals surface area contributed by atoms with E-state index in [-0.39, 0.29) is 18.3 Å². The number of methoxy groups -OCH3 is 1. The van der Waals surface area contributed by atoms with Gasteiger partial charge in [0, 0.05) is 18.2 Å². The van der Waals surface area contributed by atoms with Crippen molar-refractivity contribution in [2.45, 2.75) is 52.0 Å². The Morgan fingerprint density at radius 1 is 1.15 bits per heavy atom. The number of piperidine rings is 1. The average molecular weight is 359 g/mol. The third kappa shape index (κ3) is 3.87. The van der Waals surface area contributed by atoms with Crippen LogP contribution in [0.4, 0.5) is 0 Å². The second kappa shape index (κ2) is 8.11. The zero-order valence-corrected chi connectivity index (χ0v) is 16.0. The maximum Gasteiger partial charge on any atom is 0.260 e. The van der Waals surface area contributed by atoms with Crippen molar-refractivity contribution in [2.75, 3.05) is 20.3 Å². The van der Waals surface area contributed by atoms with E-state index >= 15 is 0 Å². The minimum absolute atomic E-state index is 0.00732. The highest BCUT2D eigenvalue weighted by Crippen LogP contribution is 2.39. The van der Waals surface area contributed by atoms with Gasteiger partial charge in [-0.05, 0) is 56.2 Å². The minimum Gasteiger partial charge on any atom is -0.493 e. The van der Waals surface area contributed by atoms with Gasteiger partial charge in [0.2, 0.25) is 0 Å². The molecule has 1 heterocycles. The predicted molar refractivity (Wildman–Crippen MR) is 99.7 cm³/mol. The monoisotopic (exact) mass is 359 g/mol. The van der Waals surface area contributed by atoms with Crippen molar-refractivity contribution in [1.29, 1.82) is 0 Å². The van der Waals surface area contributed by atoms with Gasteiger partial charge in [-0.3, -0.25) is 9.59 Å². The zero-order chi connectivity index (χ0) is 18.7. The third-order valence-corrected chi connectivity index (χ3v) is 5.98. The molecule has 26 heavy (non-hydrogen) atoms. The molecule has 1 amide bonds. The van der Waals surface area contributed by atoms with Gasteiger partial charge in [0.15, 0.2) is 23.9 Å². The Kier molecular flexibility index (Phi) is 5.84. The second-order valence-electron chi connectivity index (χ2n) is 7.58. The fourth-order valence-corrected chi connectivity index (χ4v) is 4.45. The number of ketones is 1. The summed E-state index contributed by atoms with van der Waals surface area (Å²) in [5.74, 6) is 2.32. The fourth-order valence-electron chi connectivity index (χ4n) is 4.45. The molecule has 1 aromatic rings. The first-order valence-electron chi connectivity index (χ1n) is 9.62. The van der Waals surface area contributed by atoms with Crippen LogP contribution in [-0.2, 0) is 4.79 Å². The number of hydrogen-bond acceptors (Lipinski definition) is 4. The standard InChI is InChI=1S/C21H29NO4/c1-14-10-11-22(18-7-5-4-6-17(14)18)21(24)13-26-19-9-8-16(15(2)23)12-20(19)25-3/h8-9,12,14,17-18H,4-7,10-11,13H2,1-3H3. The first-order chi connectivity index (χ1) is 12.5. The Morgan fingerprint density at radius 2 is 1.92 bits per heavy atom. The number of fused-ring (bicyclic) bond motifs is 1. The van der Waals surface area contributed by atoms with E-state index < -0.39 is 0 Å². The molecular formula is C21H29NO4. The molecule has 0 aromatic heterocycles. The quantitative estimate of drug-likeness (QED) is 0.752. The molecule has 142 valence electrons. The number of amides is 1. The van der Waals surface area contributed by atoms with E-state index in [9.17, 15) is 9.59 Å². The summed E-state index contributed by atoms with van der Waals surface area (Å²) in [5, 5.41) is 0. The van der Waals surface area contributed by atoms with Crippen molar-refractivity contribution < 1.29 is 19.1 Å². The number of carbonyl (C=O) groups excluding carboxylic acids is 2. The molecule has 1 saturated carbocycles. The lowest BCUT2D eigenvalue weighted by molar-refractivity contribution is -0.141. The normalized spacial score (nSPS) is 25.3. The Bertz CT molecular complexity index is 672. The number of nitrogens with zero attached hydrogens (tertiary/aromatic N) is 1. The number of benzene rings is 1. The Labute approximate surface area is 155 Å². The molecular weight excluding hydrogens is 330 g/mol. The van der Waals surface area contributed by atoms with Gasteiger partial charge in [0.05, 0.1) is 7.11 Å². The minimum atomic E-state index is -0.0308. The lowest BCUT2D eigenvalue weighted by atomic mass is 9.72. The Hall–Kier alpha value is -2.04. The van der Waals surface area contributed by atoms with Gasteiger partial charge in [-0.1, -0.05) is 19.8 Å². The number of ether oxygens (including phenoxy) is 2. The van der Waals surface area contributed by atoms with Crippen LogP contribution >= 0.6 is 0 Å². The molecule has 5 nitrogen and oxygen atoms in total. The van der Waals surface area contributed by atoms with E-state index in [1.807, 2.05) is 4.90 Å². The number of rotatable bonds is 5. The highest BCUT2D eigenvalue weighted by Gasteiger charge is 2.39. The van der Waals surface area contributed by atoms with Crippen LogP contribution in [0.15, 0.2) is 18.2 Å². The first-order valence-corrected chi connectivity index (χ1v) is 9.62. The molecule has 0 radical (unpaired) electrons. The van der Waals surface area contributed by atoms with Crippen LogP contribution in [0.3, 0.4) is 0 Å². The molecule has 1 saturated heterocycles. The number of hydrogen-bond donors (Lipinski definition) is 0. The number of carbonyl (C=O) groups is 2. The van der Waals surface area contributed by atoms with Crippen LogP contribution in [0.5, 0.6) is 11.5 Å². The molecule has 0 spiro atoms. The van der Waals surface area contributed by atoms with Gasteiger partial charge in [0.25, 0.3) is 5.91 Å². The zero-order valence-electron chi connectivity index (χ0n) is 16.0. The van der Waals surface area contributed by atoms with E-state index in [1.165, 1.54) is 33.3 Å². The summed E-state index contributed by atoms with van der Waals surface area (Å²) in [6.45, 7) is 4.66. The van der Waals surface area contributed by atoms with E-state index in [4.69, 9.17) is 9.47 Å². The smallest absolute Gasteiger partial charge is 0.260 e. The van der Waals surface area contributed by atoms with Gasteiger partial charge < -0.3 is 14.4 Å². The third-order valence-electron chi connectivity index (χ3n) is 5.98. The van der Waals surface area contributed by atoms with E-state index in [2.05, 4.69) is 6.92 Å². The van der Waals surface area contributed by atoms with E-state index in [0.29, 0.717) is 34.9 Å². The summed E-state index contributed by atoms with van der Waals surface area (Å²) in [4.78, 5) is 26.4. The van der Waals surface area contributed by atoms with Crippen molar-refractivity contribution in [1.82, 2.24) is 4.90 Å². The predicted octanol–water partition coefficient (Wildman–Crippen LogP) is 3.70. The van der Waals surface area contributed by atoms with Crippen LogP contribution in [0.2, 0.25) is 0 Å². The lowest BCUT2D eigenvalue weighted by Gasteiger charge is -2.47. The largest absolute Gasteiger partial charge is 0.493 e. The summed E-state index contributed by atoms with van der Waals surface area (Å²) in [6, 6.07) is 5.42. The molecule has 2 fully saturated rings. The van der Waals surface area contributed by atoms with Crippen LogP contribution in [-0.4, -0.2) is 42.9 Å². The maximum absolute atomic E-state index is 12.8. The van der Waals surface area contributed by atoms with Crippen LogP contribution < -0.4 is 9.47 Å². The SMILES string of the molecule is COc1cc(C(C)=O)ccc1OCC(=O)N1CCC(C)C2CCCCC21. The van der Waals surface area contributed by atoms with Gasteiger partial charge in [0.1, 0.15) is 0 Å². The molecule has 3 atom stereocenters. The van der Waals surface area contributed by atoms with Crippen molar-refractivity contribution in [3.8, 4) is 11.5 Å². The molecule has 2 aliphatic rings. The molecule has 1 aliphatic carbocycles. The summed E-state index contributed by atoms with van der Waals surface area (Å²) >= 11 is 0. The second-order valence-corrected chi connectivity index (χ2v) is 7.58. The van der Waals surface area contributed by atoms with Crippen molar-refractivity contribution >= 4 is 11.7 Å². The van der Waals surface area contributed by atoms with Gasteiger partial charge in [-0.15, -0.1) is 0 Å². The molecule has 1 aliphatic heterocycles. The van der Waals surface area contributed by atoms with E-state index in [0.717, 1.165) is 19.4 Å². The highest BCUT2D eigenvalue weighted by molar-refractivity contribution is 5.94. The molecule has 3 unspecified atom stereocenters. The lowest BCUT2D eigenvalue weighted by Crippen LogP contribution is -2.53. The molecule has 3 rings (SSSR count). The molecule has 0 bridgehead atoms. The molecule has 1 aromatic carbocycles. The van der Waals surface area contributed by atoms with Crippen LogP contribution in [0.1, 0.15) is 56.3 Å². The summed E-state index contributed by atoms with van der Waals surface area (Å²) in [6.07, 6.45) is 5.90. The summed E-state index contributed by atoms with van der Waals surface area (Å²) in [5.41, 5.74) is 0.565. The van der Waals surface area contributed by atoms with E-state index in [1.54, 1.807) is 18.2 Å². The van der Waals surface area contributed by atoms with Crippen molar-refractivity contribution in [2.24, 2.45) is 11.8 Å². The fraction of sp³-hybridized carbons (Fsp3) is 0.619. The average Bonchev–Trinajstić information content (AvgIpc) is 2.66.